The van der Waals surface area contributed by atoms with Gasteiger partial charge < -0.3 is 19.5 Å². The number of aryl methyl sites for hydroxylation is 1. The van der Waals surface area contributed by atoms with Gasteiger partial charge in [-0.1, -0.05) is 18.2 Å². The third-order valence-electron chi connectivity index (χ3n) is 4.37. The standard InChI is InChI=1S/C20H19N3O4/c1-23-17(10-16(22-23)14-4-3-5-15(9-14)25-2)20(24)21-11-13-6-7-18-19(8-13)27-12-26-18/h3-10H,11-12H2,1-2H3,(H,21,24). The minimum Gasteiger partial charge on any atom is -0.497 e. The van der Waals surface area contributed by atoms with E-state index in [4.69, 9.17) is 14.2 Å². The molecule has 1 aromatic heterocycles. The molecule has 0 radical (unpaired) electrons. The summed E-state index contributed by atoms with van der Waals surface area (Å²) in [5, 5.41) is 7.36. The molecular weight excluding hydrogens is 346 g/mol. The van der Waals surface area contributed by atoms with Crippen molar-refractivity contribution >= 4 is 5.91 Å². The summed E-state index contributed by atoms with van der Waals surface area (Å²) >= 11 is 0. The minimum atomic E-state index is -0.197. The molecule has 1 aliphatic heterocycles. The molecule has 27 heavy (non-hydrogen) atoms. The fourth-order valence-electron chi connectivity index (χ4n) is 2.93. The molecule has 7 heteroatoms. The number of nitrogens with zero attached hydrogens (tertiary/aromatic N) is 2. The largest absolute Gasteiger partial charge is 0.497 e. The minimum absolute atomic E-state index is 0.197. The molecule has 0 saturated heterocycles. The number of hydrogen-bond donors (Lipinski definition) is 1. The second-order valence-corrected chi connectivity index (χ2v) is 6.14. The number of amides is 1. The SMILES string of the molecule is COc1cccc(-c2cc(C(=O)NCc3ccc4c(c3)OCO4)n(C)n2)c1. The van der Waals surface area contributed by atoms with E-state index in [2.05, 4.69) is 10.4 Å². The molecule has 0 spiro atoms. The lowest BCUT2D eigenvalue weighted by atomic mass is 10.1. The van der Waals surface area contributed by atoms with Crippen LogP contribution in [0.15, 0.2) is 48.5 Å². The van der Waals surface area contributed by atoms with Gasteiger partial charge in [0, 0.05) is 19.2 Å². The van der Waals surface area contributed by atoms with Gasteiger partial charge in [0.25, 0.3) is 5.91 Å². The molecule has 2 heterocycles. The Balaban J connectivity index is 1.48. The van der Waals surface area contributed by atoms with Crippen molar-refractivity contribution in [3.63, 3.8) is 0 Å². The van der Waals surface area contributed by atoms with Crippen molar-refractivity contribution in [3.05, 3.63) is 59.8 Å². The van der Waals surface area contributed by atoms with E-state index in [1.165, 1.54) is 0 Å². The Kier molecular flexibility index (Phi) is 4.42. The highest BCUT2D eigenvalue weighted by Gasteiger charge is 2.16. The number of aromatic nitrogens is 2. The van der Waals surface area contributed by atoms with Gasteiger partial charge in [-0.15, -0.1) is 0 Å². The van der Waals surface area contributed by atoms with Crippen LogP contribution in [0.1, 0.15) is 16.1 Å². The van der Waals surface area contributed by atoms with Gasteiger partial charge in [-0.3, -0.25) is 9.48 Å². The van der Waals surface area contributed by atoms with Crippen molar-refractivity contribution in [3.8, 4) is 28.5 Å². The van der Waals surface area contributed by atoms with Gasteiger partial charge in [0.05, 0.1) is 12.8 Å². The van der Waals surface area contributed by atoms with Crippen LogP contribution in [-0.4, -0.2) is 29.6 Å². The van der Waals surface area contributed by atoms with Crippen molar-refractivity contribution in [1.29, 1.82) is 0 Å². The van der Waals surface area contributed by atoms with E-state index in [0.29, 0.717) is 23.7 Å². The van der Waals surface area contributed by atoms with E-state index in [1.807, 2.05) is 42.5 Å². The number of carbonyl (C=O) groups is 1. The number of benzene rings is 2. The maximum absolute atomic E-state index is 12.6. The molecule has 138 valence electrons. The zero-order valence-corrected chi connectivity index (χ0v) is 15.1. The van der Waals surface area contributed by atoms with Crippen LogP contribution in [0.2, 0.25) is 0 Å². The average molecular weight is 365 g/mol. The van der Waals surface area contributed by atoms with Crippen molar-refractivity contribution in [1.82, 2.24) is 15.1 Å². The van der Waals surface area contributed by atoms with E-state index >= 15 is 0 Å². The summed E-state index contributed by atoms with van der Waals surface area (Å²) in [4.78, 5) is 12.6. The summed E-state index contributed by atoms with van der Waals surface area (Å²) in [5.74, 6) is 1.96. The van der Waals surface area contributed by atoms with Gasteiger partial charge in [0.1, 0.15) is 11.4 Å². The van der Waals surface area contributed by atoms with E-state index in [-0.39, 0.29) is 12.7 Å². The molecule has 7 nitrogen and oxygen atoms in total. The Labute approximate surface area is 156 Å². The van der Waals surface area contributed by atoms with E-state index in [1.54, 1.807) is 24.9 Å². The molecule has 0 saturated carbocycles. The van der Waals surface area contributed by atoms with Gasteiger partial charge >= 0.3 is 0 Å². The number of ether oxygens (including phenoxy) is 3. The second kappa shape index (κ2) is 7.03. The molecule has 1 aliphatic rings. The Bertz CT molecular complexity index is 997. The molecule has 0 bridgehead atoms. The molecule has 1 N–H and O–H groups in total. The second-order valence-electron chi connectivity index (χ2n) is 6.14. The summed E-state index contributed by atoms with van der Waals surface area (Å²) in [6, 6.07) is 15.0. The van der Waals surface area contributed by atoms with E-state index in [0.717, 1.165) is 22.6 Å². The number of rotatable bonds is 5. The van der Waals surface area contributed by atoms with E-state index < -0.39 is 0 Å². The Hall–Kier alpha value is -3.48. The molecule has 3 aromatic rings. The smallest absolute Gasteiger partial charge is 0.269 e. The van der Waals surface area contributed by atoms with E-state index in [9.17, 15) is 4.79 Å². The normalized spacial score (nSPS) is 12.1. The fourth-order valence-corrected chi connectivity index (χ4v) is 2.93. The summed E-state index contributed by atoms with van der Waals surface area (Å²) in [5.41, 5.74) is 3.01. The third-order valence-corrected chi connectivity index (χ3v) is 4.37. The molecule has 4 rings (SSSR count). The van der Waals surface area contributed by atoms with Crippen LogP contribution in [0.5, 0.6) is 17.2 Å². The highest BCUT2D eigenvalue weighted by molar-refractivity contribution is 5.93. The van der Waals surface area contributed by atoms with Crippen LogP contribution in [0.25, 0.3) is 11.3 Å². The van der Waals surface area contributed by atoms with Gasteiger partial charge in [-0.25, -0.2) is 0 Å². The number of fused-ring (bicyclic) bond motifs is 1. The topological polar surface area (TPSA) is 74.6 Å². The first kappa shape index (κ1) is 17.0. The molecule has 0 fully saturated rings. The van der Waals surface area contributed by atoms with Crippen molar-refractivity contribution in [2.75, 3.05) is 13.9 Å². The molecule has 0 unspecified atom stereocenters. The van der Waals surface area contributed by atoms with Crippen molar-refractivity contribution in [2.24, 2.45) is 7.05 Å². The lowest BCUT2D eigenvalue weighted by Crippen LogP contribution is -2.25. The van der Waals surface area contributed by atoms with Crippen LogP contribution < -0.4 is 19.5 Å². The van der Waals surface area contributed by atoms with Crippen LogP contribution >= 0.6 is 0 Å². The predicted molar refractivity (Wildman–Crippen MR) is 98.9 cm³/mol. The first-order chi connectivity index (χ1) is 13.1. The Morgan fingerprint density at radius 3 is 2.89 bits per heavy atom. The summed E-state index contributed by atoms with van der Waals surface area (Å²) in [6.45, 7) is 0.613. The van der Waals surface area contributed by atoms with Gasteiger partial charge in [0.15, 0.2) is 11.5 Å². The summed E-state index contributed by atoms with van der Waals surface area (Å²) in [6.07, 6.45) is 0. The van der Waals surface area contributed by atoms with Crippen LogP contribution in [0, 0.1) is 0 Å². The zero-order chi connectivity index (χ0) is 18.8. The maximum atomic E-state index is 12.6. The van der Waals surface area contributed by atoms with Gasteiger partial charge in [-0.2, -0.15) is 5.10 Å². The molecule has 2 aromatic carbocycles. The predicted octanol–water partition coefficient (Wildman–Crippen LogP) is 2.75. The number of methoxy groups -OCH3 is 1. The highest BCUT2D eigenvalue weighted by Crippen LogP contribution is 2.32. The van der Waals surface area contributed by atoms with Gasteiger partial charge in [-0.05, 0) is 35.9 Å². The van der Waals surface area contributed by atoms with Crippen LogP contribution in [-0.2, 0) is 13.6 Å². The molecule has 1 amide bonds. The average Bonchev–Trinajstić information content (AvgIpc) is 3.32. The first-order valence-electron chi connectivity index (χ1n) is 8.49. The van der Waals surface area contributed by atoms with Gasteiger partial charge in [0.2, 0.25) is 6.79 Å². The third kappa shape index (κ3) is 3.44. The van der Waals surface area contributed by atoms with Crippen LogP contribution in [0.4, 0.5) is 0 Å². The lowest BCUT2D eigenvalue weighted by Gasteiger charge is -2.06. The van der Waals surface area contributed by atoms with Crippen LogP contribution in [0.3, 0.4) is 0 Å². The number of carbonyl (C=O) groups excluding carboxylic acids is 1. The number of hydrogen-bond acceptors (Lipinski definition) is 5. The quantitative estimate of drug-likeness (QED) is 0.753. The highest BCUT2D eigenvalue weighted by atomic mass is 16.7. The molecular formula is C20H19N3O4. The van der Waals surface area contributed by atoms with Crippen molar-refractivity contribution < 1.29 is 19.0 Å². The first-order valence-corrected chi connectivity index (χ1v) is 8.49. The molecule has 0 aliphatic carbocycles. The number of nitrogens with one attached hydrogen (secondary N) is 1. The summed E-state index contributed by atoms with van der Waals surface area (Å²) in [7, 11) is 3.37. The maximum Gasteiger partial charge on any atom is 0.269 e. The Morgan fingerprint density at radius 1 is 1.19 bits per heavy atom. The van der Waals surface area contributed by atoms with Crippen molar-refractivity contribution in [2.45, 2.75) is 6.54 Å². The zero-order valence-electron chi connectivity index (χ0n) is 15.1. The summed E-state index contributed by atoms with van der Waals surface area (Å²) < 4.78 is 17.5. The lowest BCUT2D eigenvalue weighted by molar-refractivity contribution is 0.0941. The molecule has 0 atom stereocenters. The fraction of sp³-hybridized carbons (Fsp3) is 0.200. The monoisotopic (exact) mass is 365 g/mol. The Morgan fingerprint density at radius 2 is 2.04 bits per heavy atom.